The van der Waals surface area contributed by atoms with Crippen molar-refractivity contribution in [2.45, 2.75) is 46.0 Å². The molecule has 1 fully saturated rings. The fourth-order valence-electron chi connectivity index (χ4n) is 3.02. The molecule has 24 heavy (non-hydrogen) atoms. The number of ether oxygens (including phenoxy) is 1. The van der Waals surface area contributed by atoms with Gasteiger partial charge in [-0.05, 0) is 31.9 Å². The Bertz CT molecular complexity index is 726. The third-order valence-electron chi connectivity index (χ3n) is 4.36. The van der Waals surface area contributed by atoms with Gasteiger partial charge in [-0.3, -0.25) is 4.79 Å². The SMILES string of the molecule is CCOC(=O)C1CCN(c2ccc3nnc(C(C)(C)C)n3n2)CC1. The first-order valence-electron chi connectivity index (χ1n) is 8.54. The van der Waals surface area contributed by atoms with E-state index in [-0.39, 0.29) is 17.3 Å². The van der Waals surface area contributed by atoms with E-state index in [1.54, 1.807) is 0 Å². The van der Waals surface area contributed by atoms with Gasteiger partial charge >= 0.3 is 5.97 Å². The topological polar surface area (TPSA) is 72.6 Å². The lowest BCUT2D eigenvalue weighted by molar-refractivity contribution is -0.148. The quantitative estimate of drug-likeness (QED) is 0.803. The van der Waals surface area contributed by atoms with Crippen molar-refractivity contribution in [2.75, 3.05) is 24.6 Å². The van der Waals surface area contributed by atoms with Crippen LogP contribution in [0.5, 0.6) is 0 Å². The number of fused-ring (bicyclic) bond motifs is 1. The smallest absolute Gasteiger partial charge is 0.309 e. The standard InChI is InChI=1S/C17H25N5O2/c1-5-24-15(23)12-8-10-21(11-9-12)14-7-6-13-18-19-16(17(2,3)4)22(13)20-14/h6-7,12H,5,8-11H2,1-4H3. The van der Waals surface area contributed by atoms with Crippen LogP contribution in [-0.2, 0) is 14.9 Å². The number of aromatic nitrogens is 4. The summed E-state index contributed by atoms with van der Waals surface area (Å²) in [7, 11) is 0. The van der Waals surface area contributed by atoms with Gasteiger partial charge in [0.25, 0.3) is 0 Å². The van der Waals surface area contributed by atoms with Crippen LogP contribution in [0.1, 0.15) is 46.4 Å². The lowest BCUT2D eigenvalue weighted by atomic mass is 9.96. The highest BCUT2D eigenvalue weighted by Gasteiger charge is 2.27. The van der Waals surface area contributed by atoms with Gasteiger partial charge in [0.1, 0.15) is 5.82 Å². The van der Waals surface area contributed by atoms with Gasteiger partial charge in [-0.1, -0.05) is 20.8 Å². The van der Waals surface area contributed by atoms with Crippen LogP contribution < -0.4 is 4.90 Å². The first kappa shape index (κ1) is 16.7. The van der Waals surface area contributed by atoms with E-state index in [1.807, 2.05) is 23.6 Å². The molecule has 2 aromatic heterocycles. The van der Waals surface area contributed by atoms with Gasteiger partial charge in [0, 0.05) is 18.5 Å². The Balaban J connectivity index is 1.78. The Hall–Kier alpha value is -2.18. The Morgan fingerprint density at radius 3 is 2.58 bits per heavy atom. The molecule has 0 aromatic carbocycles. The van der Waals surface area contributed by atoms with Crippen molar-refractivity contribution in [3.8, 4) is 0 Å². The van der Waals surface area contributed by atoms with Crippen LogP contribution >= 0.6 is 0 Å². The number of hydrogen-bond acceptors (Lipinski definition) is 6. The lowest BCUT2D eigenvalue weighted by Gasteiger charge is -2.31. The molecule has 130 valence electrons. The predicted octanol–water partition coefficient (Wildman–Crippen LogP) is 2.20. The zero-order chi connectivity index (χ0) is 17.3. The minimum atomic E-state index is -0.123. The average Bonchev–Trinajstić information content (AvgIpc) is 2.98. The Labute approximate surface area is 142 Å². The van der Waals surface area contributed by atoms with Gasteiger partial charge < -0.3 is 9.64 Å². The van der Waals surface area contributed by atoms with E-state index in [4.69, 9.17) is 9.84 Å². The second-order valence-electron chi connectivity index (χ2n) is 7.25. The second-order valence-corrected chi connectivity index (χ2v) is 7.25. The summed E-state index contributed by atoms with van der Waals surface area (Å²) >= 11 is 0. The number of carbonyl (C=O) groups is 1. The first-order chi connectivity index (χ1) is 11.4. The normalized spacial score (nSPS) is 16.6. The summed E-state index contributed by atoms with van der Waals surface area (Å²) in [5.74, 6) is 1.68. The predicted molar refractivity (Wildman–Crippen MR) is 91.1 cm³/mol. The van der Waals surface area contributed by atoms with Crippen molar-refractivity contribution in [2.24, 2.45) is 5.92 Å². The summed E-state index contributed by atoms with van der Waals surface area (Å²) in [5, 5.41) is 13.2. The van der Waals surface area contributed by atoms with Crippen LogP contribution in [0.25, 0.3) is 5.65 Å². The van der Waals surface area contributed by atoms with E-state index in [2.05, 4.69) is 35.9 Å². The van der Waals surface area contributed by atoms with E-state index in [9.17, 15) is 4.79 Å². The van der Waals surface area contributed by atoms with Crippen LogP contribution in [-0.4, -0.2) is 45.5 Å². The van der Waals surface area contributed by atoms with Crippen LogP contribution in [0, 0.1) is 5.92 Å². The highest BCUT2D eigenvalue weighted by atomic mass is 16.5. The minimum Gasteiger partial charge on any atom is -0.466 e. The van der Waals surface area contributed by atoms with Gasteiger partial charge in [0.2, 0.25) is 0 Å². The maximum atomic E-state index is 11.9. The molecule has 0 aliphatic carbocycles. The highest BCUT2D eigenvalue weighted by Crippen LogP contribution is 2.25. The summed E-state index contributed by atoms with van der Waals surface area (Å²) in [5.41, 5.74) is 0.632. The summed E-state index contributed by atoms with van der Waals surface area (Å²) < 4.78 is 6.96. The van der Waals surface area contributed by atoms with Crippen molar-refractivity contribution < 1.29 is 9.53 Å². The molecule has 0 radical (unpaired) electrons. The molecule has 1 aliphatic rings. The molecular formula is C17H25N5O2. The summed E-state index contributed by atoms with van der Waals surface area (Å²) in [6.07, 6.45) is 1.60. The minimum absolute atomic E-state index is 0.00461. The van der Waals surface area contributed by atoms with E-state index in [0.29, 0.717) is 6.61 Å². The molecule has 3 rings (SSSR count). The maximum absolute atomic E-state index is 11.9. The Kier molecular flexibility index (Phi) is 4.43. The van der Waals surface area contributed by atoms with Crippen LogP contribution in [0.4, 0.5) is 5.82 Å². The molecule has 7 nitrogen and oxygen atoms in total. The molecule has 0 spiro atoms. The fourth-order valence-corrected chi connectivity index (χ4v) is 3.02. The number of nitrogens with zero attached hydrogens (tertiary/aromatic N) is 5. The summed E-state index contributed by atoms with van der Waals surface area (Å²) in [6.45, 7) is 10.2. The van der Waals surface area contributed by atoms with Crippen molar-refractivity contribution in [1.82, 2.24) is 19.8 Å². The van der Waals surface area contributed by atoms with Crippen LogP contribution in [0.15, 0.2) is 12.1 Å². The van der Waals surface area contributed by atoms with E-state index < -0.39 is 0 Å². The molecule has 0 atom stereocenters. The fraction of sp³-hybridized carbons (Fsp3) is 0.647. The number of esters is 1. The molecule has 2 aromatic rings. The van der Waals surface area contributed by atoms with Crippen molar-refractivity contribution in [3.05, 3.63) is 18.0 Å². The molecular weight excluding hydrogens is 306 g/mol. The Morgan fingerprint density at radius 2 is 1.96 bits per heavy atom. The molecule has 3 heterocycles. The molecule has 7 heteroatoms. The van der Waals surface area contributed by atoms with E-state index >= 15 is 0 Å². The zero-order valence-corrected chi connectivity index (χ0v) is 14.8. The molecule has 0 N–H and O–H groups in total. The van der Waals surface area contributed by atoms with Crippen LogP contribution in [0.2, 0.25) is 0 Å². The average molecular weight is 331 g/mol. The number of rotatable bonds is 3. The maximum Gasteiger partial charge on any atom is 0.309 e. The van der Waals surface area contributed by atoms with Gasteiger partial charge in [-0.25, -0.2) is 0 Å². The van der Waals surface area contributed by atoms with E-state index in [1.165, 1.54) is 0 Å². The number of anilines is 1. The molecule has 1 saturated heterocycles. The van der Waals surface area contributed by atoms with Crippen molar-refractivity contribution in [1.29, 1.82) is 0 Å². The van der Waals surface area contributed by atoms with Crippen molar-refractivity contribution in [3.63, 3.8) is 0 Å². The number of piperidine rings is 1. The number of carbonyl (C=O) groups excluding carboxylic acids is 1. The molecule has 0 bridgehead atoms. The first-order valence-corrected chi connectivity index (χ1v) is 8.54. The van der Waals surface area contributed by atoms with Gasteiger partial charge in [-0.15, -0.1) is 15.3 Å². The van der Waals surface area contributed by atoms with Gasteiger partial charge in [-0.2, -0.15) is 4.52 Å². The third-order valence-corrected chi connectivity index (χ3v) is 4.36. The van der Waals surface area contributed by atoms with E-state index in [0.717, 1.165) is 43.2 Å². The molecule has 1 aliphatic heterocycles. The monoisotopic (exact) mass is 331 g/mol. The van der Waals surface area contributed by atoms with Gasteiger partial charge in [0.15, 0.2) is 11.5 Å². The summed E-state index contributed by atoms with van der Waals surface area (Å²) in [6, 6.07) is 3.92. The van der Waals surface area contributed by atoms with Gasteiger partial charge in [0.05, 0.1) is 12.5 Å². The lowest BCUT2D eigenvalue weighted by Crippen LogP contribution is -2.37. The molecule has 0 amide bonds. The number of hydrogen-bond donors (Lipinski definition) is 0. The largest absolute Gasteiger partial charge is 0.466 e. The highest BCUT2D eigenvalue weighted by molar-refractivity contribution is 5.72. The molecule has 0 unspecified atom stereocenters. The second kappa shape index (κ2) is 6.37. The molecule has 0 saturated carbocycles. The van der Waals surface area contributed by atoms with Crippen molar-refractivity contribution >= 4 is 17.4 Å². The Morgan fingerprint density at radius 1 is 1.25 bits per heavy atom. The van der Waals surface area contributed by atoms with Crippen LogP contribution in [0.3, 0.4) is 0 Å². The zero-order valence-electron chi connectivity index (χ0n) is 14.8. The third kappa shape index (κ3) is 3.20. The summed E-state index contributed by atoms with van der Waals surface area (Å²) in [4.78, 5) is 14.1.